The molecule has 0 saturated heterocycles. The predicted molar refractivity (Wildman–Crippen MR) is 69.0 cm³/mol. The van der Waals surface area contributed by atoms with Gasteiger partial charge >= 0.3 is 0 Å². The quantitative estimate of drug-likeness (QED) is 0.762. The molecule has 2 heterocycles. The molecule has 0 spiro atoms. The first-order chi connectivity index (χ1) is 9.36. The fourth-order valence-electron chi connectivity index (χ4n) is 1.86. The molecule has 0 unspecified atom stereocenters. The molecule has 2 N–H and O–H groups in total. The molecule has 6 heteroatoms. The van der Waals surface area contributed by atoms with Crippen molar-refractivity contribution in [3.8, 4) is 11.4 Å². The summed E-state index contributed by atoms with van der Waals surface area (Å²) < 4.78 is 7.01. The third-order valence-electron chi connectivity index (χ3n) is 2.87. The van der Waals surface area contributed by atoms with Crippen molar-refractivity contribution in [2.45, 2.75) is 13.1 Å². The van der Waals surface area contributed by atoms with E-state index in [1.807, 2.05) is 36.4 Å². The standard InChI is InChI=1S/C13H13N5O/c14-8-10-3-5-11(6-4-10)13-15-16-17-18(13)9-12-2-1-7-19-12/h1-7H,8-9,14H2. The SMILES string of the molecule is NCc1ccc(-c2nnnn2Cc2ccco2)cc1. The molecule has 2 aromatic heterocycles. The highest BCUT2D eigenvalue weighted by atomic mass is 16.3. The molecule has 0 atom stereocenters. The first kappa shape index (κ1) is 11.6. The summed E-state index contributed by atoms with van der Waals surface area (Å²) in [4.78, 5) is 0. The van der Waals surface area contributed by atoms with Gasteiger partial charge < -0.3 is 10.2 Å². The molecule has 0 radical (unpaired) electrons. The van der Waals surface area contributed by atoms with Crippen molar-refractivity contribution in [1.29, 1.82) is 0 Å². The van der Waals surface area contributed by atoms with Crippen molar-refractivity contribution >= 4 is 0 Å². The number of nitrogens with two attached hydrogens (primary N) is 1. The van der Waals surface area contributed by atoms with E-state index in [1.165, 1.54) is 0 Å². The fraction of sp³-hybridized carbons (Fsp3) is 0.154. The summed E-state index contributed by atoms with van der Waals surface area (Å²) >= 11 is 0. The van der Waals surface area contributed by atoms with E-state index in [2.05, 4.69) is 15.5 Å². The molecule has 0 bridgehead atoms. The number of aromatic nitrogens is 4. The molecule has 0 fully saturated rings. The Balaban J connectivity index is 1.90. The van der Waals surface area contributed by atoms with Crippen LogP contribution in [-0.4, -0.2) is 20.2 Å². The van der Waals surface area contributed by atoms with Gasteiger partial charge in [-0.25, -0.2) is 4.68 Å². The topological polar surface area (TPSA) is 82.8 Å². The second kappa shape index (κ2) is 5.03. The highest BCUT2D eigenvalue weighted by Crippen LogP contribution is 2.17. The zero-order chi connectivity index (χ0) is 13.1. The molecular weight excluding hydrogens is 242 g/mol. The van der Waals surface area contributed by atoms with Gasteiger partial charge in [-0.2, -0.15) is 0 Å². The van der Waals surface area contributed by atoms with Crippen LogP contribution in [0.2, 0.25) is 0 Å². The van der Waals surface area contributed by atoms with E-state index in [0.29, 0.717) is 18.9 Å². The van der Waals surface area contributed by atoms with Crippen LogP contribution in [0.3, 0.4) is 0 Å². The number of tetrazole rings is 1. The molecule has 0 saturated carbocycles. The molecule has 0 aliphatic carbocycles. The average molecular weight is 255 g/mol. The molecule has 0 aliphatic heterocycles. The van der Waals surface area contributed by atoms with Crippen molar-refractivity contribution in [1.82, 2.24) is 20.2 Å². The van der Waals surface area contributed by atoms with Crippen LogP contribution in [0, 0.1) is 0 Å². The maximum atomic E-state index is 5.58. The van der Waals surface area contributed by atoms with E-state index >= 15 is 0 Å². The Hall–Kier alpha value is -2.47. The maximum absolute atomic E-state index is 5.58. The minimum atomic E-state index is 0.508. The fourth-order valence-corrected chi connectivity index (χ4v) is 1.86. The monoisotopic (exact) mass is 255 g/mol. The second-order valence-corrected chi connectivity index (χ2v) is 4.14. The predicted octanol–water partition coefficient (Wildman–Crippen LogP) is 1.44. The van der Waals surface area contributed by atoms with Crippen molar-refractivity contribution in [2.24, 2.45) is 5.73 Å². The molecule has 3 aromatic rings. The summed E-state index contributed by atoms with van der Waals surface area (Å²) in [6.45, 7) is 1.03. The van der Waals surface area contributed by atoms with Gasteiger partial charge in [0.2, 0.25) is 0 Å². The first-order valence-corrected chi connectivity index (χ1v) is 5.95. The van der Waals surface area contributed by atoms with E-state index in [9.17, 15) is 0 Å². The zero-order valence-corrected chi connectivity index (χ0v) is 10.2. The van der Waals surface area contributed by atoms with E-state index in [4.69, 9.17) is 10.2 Å². The smallest absolute Gasteiger partial charge is 0.182 e. The number of hydrogen-bond acceptors (Lipinski definition) is 5. The molecule has 0 amide bonds. The van der Waals surface area contributed by atoms with Crippen LogP contribution >= 0.6 is 0 Å². The van der Waals surface area contributed by atoms with E-state index in [-0.39, 0.29) is 0 Å². The summed E-state index contributed by atoms with van der Waals surface area (Å²) in [5, 5.41) is 11.8. The van der Waals surface area contributed by atoms with Gasteiger partial charge in [-0.05, 0) is 28.1 Å². The highest BCUT2D eigenvalue weighted by molar-refractivity contribution is 5.55. The minimum Gasteiger partial charge on any atom is -0.467 e. The average Bonchev–Trinajstić information content (AvgIpc) is 3.11. The number of benzene rings is 1. The van der Waals surface area contributed by atoms with Crippen molar-refractivity contribution in [3.63, 3.8) is 0 Å². The molecule has 6 nitrogen and oxygen atoms in total. The Kier molecular flexibility index (Phi) is 3.07. The Morgan fingerprint density at radius 1 is 1.16 bits per heavy atom. The zero-order valence-electron chi connectivity index (χ0n) is 10.2. The summed E-state index contributed by atoms with van der Waals surface area (Å²) in [5.41, 5.74) is 7.61. The number of furan rings is 1. The van der Waals surface area contributed by atoms with Gasteiger partial charge in [0, 0.05) is 12.1 Å². The van der Waals surface area contributed by atoms with E-state index in [1.54, 1.807) is 10.9 Å². The van der Waals surface area contributed by atoms with Crippen molar-refractivity contribution < 1.29 is 4.42 Å². The molecule has 1 aromatic carbocycles. The van der Waals surface area contributed by atoms with Crippen LogP contribution in [0.4, 0.5) is 0 Å². The Bertz CT molecular complexity index is 642. The van der Waals surface area contributed by atoms with Crippen LogP contribution in [-0.2, 0) is 13.1 Å². The summed E-state index contributed by atoms with van der Waals surface area (Å²) in [6, 6.07) is 11.6. The van der Waals surface area contributed by atoms with Gasteiger partial charge in [0.25, 0.3) is 0 Å². The Morgan fingerprint density at radius 2 is 2.00 bits per heavy atom. The Labute approximate surface area is 109 Å². The number of rotatable bonds is 4. The summed E-state index contributed by atoms with van der Waals surface area (Å²) in [6.07, 6.45) is 1.63. The second-order valence-electron chi connectivity index (χ2n) is 4.14. The van der Waals surface area contributed by atoms with E-state index < -0.39 is 0 Å². The lowest BCUT2D eigenvalue weighted by Crippen LogP contribution is -2.03. The largest absolute Gasteiger partial charge is 0.467 e. The van der Waals surface area contributed by atoms with Crippen LogP contribution in [0.25, 0.3) is 11.4 Å². The third kappa shape index (κ3) is 2.38. The number of hydrogen-bond donors (Lipinski definition) is 1. The van der Waals surface area contributed by atoms with Crippen LogP contribution < -0.4 is 5.73 Å². The molecular formula is C13H13N5O. The van der Waals surface area contributed by atoms with Crippen LogP contribution in [0.1, 0.15) is 11.3 Å². The van der Waals surface area contributed by atoms with Gasteiger partial charge in [0.1, 0.15) is 12.3 Å². The normalized spacial score (nSPS) is 10.8. The maximum Gasteiger partial charge on any atom is 0.182 e. The lowest BCUT2D eigenvalue weighted by molar-refractivity contribution is 0.477. The highest BCUT2D eigenvalue weighted by Gasteiger charge is 2.10. The Morgan fingerprint density at radius 3 is 2.68 bits per heavy atom. The summed E-state index contributed by atoms with van der Waals surface area (Å²) in [7, 11) is 0. The van der Waals surface area contributed by atoms with E-state index in [0.717, 1.165) is 16.9 Å². The van der Waals surface area contributed by atoms with Crippen LogP contribution in [0.15, 0.2) is 47.1 Å². The molecule has 3 rings (SSSR count). The van der Waals surface area contributed by atoms with Gasteiger partial charge in [-0.1, -0.05) is 24.3 Å². The summed E-state index contributed by atoms with van der Waals surface area (Å²) in [5.74, 6) is 1.52. The molecule has 0 aliphatic rings. The van der Waals surface area contributed by atoms with Gasteiger partial charge in [-0.15, -0.1) is 5.10 Å². The van der Waals surface area contributed by atoms with Gasteiger partial charge in [0.15, 0.2) is 5.82 Å². The number of nitrogens with zero attached hydrogens (tertiary/aromatic N) is 4. The van der Waals surface area contributed by atoms with Gasteiger partial charge in [0.05, 0.1) is 6.26 Å². The molecule has 96 valence electrons. The minimum absolute atomic E-state index is 0.508. The lowest BCUT2D eigenvalue weighted by atomic mass is 10.1. The van der Waals surface area contributed by atoms with Crippen molar-refractivity contribution in [3.05, 3.63) is 54.0 Å². The van der Waals surface area contributed by atoms with Gasteiger partial charge in [-0.3, -0.25) is 0 Å². The first-order valence-electron chi connectivity index (χ1n) is 5.95. The molecule has 19 heavy (non-hydrogen) atoms. The van der Waals surface area contributed by atoms with Crippen molar-refractivity contribution in [2.75, 3.05) is 0 Å². The lowest BCUT2D eigenvalue weighted by Gasteiger charge is -2.03. The third-order valence-corrected chi connectivity index (χ3v) is 2.87. The van der Waals surface area contributed by atoms with Crippen LogP contribution in [0.5, 0.6) is 0 Å².